The van der Waals surface area contributed by atoms with Gasteiger partial charge in [0.1, 0.15) is 5.75 Å². The van der Waals surface area contributed by atoms with Crippen LogP contribution in [0.1, 0.15) is 35.3 Å². The van der Waals surface area contributed by atoms with Crippen LogP contribution in [0.2, 0.25) is 0 Å². The number of carbonyl (C=O) groups is 2. The predicted octanol–water partition coefficient (Wildman–Crippen LogP) is 2.91. The number of fused-ring (bicyclic) bond motifs is 1. The summed E-state index contributed by atoms with van der Waals surface area (Å²) in [5, 5.41) is 0. The monoisotopic (exact) mass is 369 g/mol. The summed E-state index contributed by atoms with van der Waals surface area (Å²) in [5.41, 5.74) is 2.50. The Bertz CT molecular complexity index is 643. The van der Waals surface area contributed by atoms with Crippen molar-refractivity contribution in [2.24, 2.45) is 11.8 Å². The molecular weight excluding hydrogens is 342 g/mol. The minimum absolute atomic E-state index is 0. The summed E-state index contributed by atoms with van der Waals surface area (Å²) in [7, 11) is 5.31. The van der Waals surface area contributed by atoms with E-state index in [4.69, 9.17) is 9.47 Å². The molecule has 0 saturated carbocycles. The molecule has 25 heavy (non-hydrogen) atoms. The largest absolute Gasteiger partial charge is 0.478 e. The summed E-state index contributed by atoms with van der Waals surface area (Å²) in [6.07, 6.45) is -0.166. The fourth-order valence-electron chi connectivity index (χ4n) is 3.11. The van der Waals surface area contributed by atoms with Crippen LogP contribution in [0.25, 0.3) is 0 Å². The number of carbonyl (C=O) groups excluding carboxylic acids is 2. The third-order valence-electron chi connectivity index (χ3n) is 4.51. The van der Waals surface area contributed by atoms with Crippen LogP contribution in [0.3, 0.4) is 0 Å². The van der Waals surface area contributed by atoms with Crippen molar-refractivity contribution in [3.63, 3.8) is 0 Å². The summed E-state index contributed by atoms with van der Waals surface area (Å²) in [4.78, 5) is 26.8. The van der Waals surface area contributed by atoms with Gasteiger partial charge in [-0.1, -0.05) is 13.8 Å². The van der Waals surface area contributed by atoms with Crippen LogP contribution in [-0.2, 0) is 16.0 Å². The molecule has 1 heterocycles. The summed E-state index contributed by atoms with van der Waals surface area (Å²) in [6.45, 7) is 6.78. The first kappa shape index (κ1) is 21.5. The van der Waals surface area contributed by atoms with Crippen molar-refractivity contribution in [2.45, 2.75) is 33.3 Å². The molecule has 2 atom stereocenters. The minimum Gasteiger partial charge on any atom is -0.478 e. The SMILES string of the molecule is COC(=O)C1Cc2cc(C(=O)C(CN(C)C)C(C)C)c(C)cc2O1.Cl. The lowest BCUT2D eigenvalue weighted by Gasteiger charge is -2.24. The zero-order valence-electron chi connectivity index (χ0n) is 15.8. The first-order valence-electron chi connectivity index (χ1n) is 8.31. The molecule has 0 amide bonds. The molecule has 6 heteroatoms. The van der Waals surface area contributed by atoms with Gasteiger partial charge in [-0.15, -0.1) is 12.4 Å². The topological polar surface area (TPSA) is 55.8 Å². The fraction of sp³-hybridized carbons (Fsp3) is 0.579. The third-order valence-corrected chi connectivity index (χ3v) is 4.51. The van der Waals surface area contributed by atoms with Crippen molar-refractivity contribution in [3.05, 3.63) is 28.8 Å². The summed E-state index contributed by atoms with van der Waals surface area (Å²) in [5.74, 6) is 0.639. The van der Waals surface area contributed by atoms with Gasteiger partial charge in [0.25, 0.3) is 0 Å². The molecular formula is C19H28ClNO4. The number of hydrogen-bond acceptors (Lipinski definition) is 5. The number of hydrogen-bond donors (Lipinski definition) is 0. The van der Waals surface area contributed by atoms with Crippen molar-refractivity contribution in [1.82, 2.24) is 4.90 Å². The van der Waals surface area contributed by atoms with E-state index in [1.165, 1.54) is 7.11 Å². The van der Waals surface area contributed by atoms with Gasteiger partial charge in [-0.05, 0) is 50.2 Å². The van der Waals surface area contributed by atoms with Crippen LogP contribution in [0.15, 0.2) is 12.1 Å². The van der Waals surface area contributed by atoms with Gasteiger partial charge in [-0.25, -0.2) is 4.79 Å². The van der Waals surface area contributed by atoms with Crippen LogP contribution in [0, 0.1) is 18.8 Å². The first-order chi connectivity index (χ1) is 11.2. The van der Waals surface area contributed by atoms with Crippen molar-refractivity contribution in [1.29, 1.82) is 0 Å². The van der Waals surface area contributed by atoms with Crippen LogP contribution in [0.5, 0.6) is 5.75 Å². The Morgan fingerprint density at radius 2 is 1.96 bits per heavy atom. The number of ketones is 1. The summed E-state index contributed by atoms with van der Waals surface area (Å²) >= 11 is 0. The zero-order chi connectivity index (χ0) is 18.0. The maximum absolute atomic E-state index is 13.1. The Labute approximate surface area is 156 Å². The average Bonchev–Trinajstić information content (AvgIpc) is 2.92. The normalized spacial score (nSPS) is 16.9. The standard InChI is InChI=1S/C19H27NO4.ClH/c1-11(2)15(10-20(4)5)18(21)14-8-13-9-17(19(22)23-6)24-16(13)7-12(14)3;/h7-8,11,15,17H,9-10H2,1-6H3;1H. The van der Waals surface area contributed by atoms with Gasteiger partial charge in [0, 0.05) is 24.4 Å². The molecule has 1 aromatic rings. The molecule has 0 radical (unpaired) electrons. The second kappa shape index (κ2) is 8.68. The predicted molar refractivity (Wildman–Crippen MR) is 99.8 cm³/mol. The van der Waals surface area contributed by atoms with E-state index in [1.807, 2.05) is 38.1 Å². The first-order valence-corrected chi connectivity index (χ1v) is 8.31. The second-order valence-corrected chi connectivity index (χ2v) is 7.09. The molecule has 1 aromatic carbocycles. The van der Waals surface area contributed by atoms with E-state index in [1.54, 1.807) is 0 Å². The Morgan fingerprint density at radius 3 is 2.48 bits per heavy atom. The highest BCUT2D eigenvalue weighted by Gasteiger charge is 2.32. The Hall–Kier alpha value is -1.59. The van der Waals surface area contributed by atoms with E-state index >= 15 is 0 Å². The molecule has 1 aliphatic rings. The van der Waals surface area contributed by atoms with Crippen molar-refractivity contribution >= 4 is 24.2 Å². The van der Waals surface area contributed by atoms with Gasteiger partial charge >= 0.3 is 5.97 Å². The molecule has 140 valence electrons. The number of rotatable bonds is 6. The maximum Gasteiger partial charge on any atom is 0.347 e. The average molecular weight is 370 g/mol. The molecule has 1 aliphatic heterocycles. The number of methoxy groups -OCH3 is 1. The molecule has 0 aliphatic carbocycles. The highest BCUT2D eigenvalue weighted by Crippen LogP contribution is 2.33. The molecule has 5 nitrogen and oxygen atoms in total. The van der Waals surface area contributed by atoms with Gasteiger partial charge in [0.15, 0.2) is 11.9 Å². The summed E-state index contributed by atoms with van der Waals surface area (Å²) < 4.78 is 10.4. The number of Topliss-reactive ketones (excluding diaryl/α,β-unsaturated/α-hetero) is 1. The van der Waals surface area contributed by atoms with Crippen molar-refractivity contribution in [3.8, 4) is 5.75 Å². The fourth-order valence-corrected chi connectivity index (χ4v) is 3.11. The molecule has 0 bridgehead atoms. The molecule has 0 saturated heterocycles. The second-order valence-electron chi connectivity index (χ2n) is 7.09. The molecule has 0 spiro atoms. The Morgan fingerprint density at radius 1 is 1.32 bits per heavy atom. The van der Waals surface area contributed by atoms with Gasteiger partial charge in [0.2, 0.25) is 0 Å². The van der Waals surface area contributed by atoms with E-state index in [-0.39, 0.29) is 36.0 Å². The highest BCUT2D eigenvalue weighted by atomic mass is 35.5. The number of nitrogens with zero attached hydrogens (tertiary/aromatic N) is 1. The summed E-state index contributed by atoms with van der Waals surface area (Å²) in [6, 6.07) is 3.75. The molecule has 2 unspecified atom stereocenters. The zero-order valence-corrected chi connectivity index (χ0v) is 16.6. The number of benzene rings is 1. The van der Waals surface area contributed by atoms with Crippen molar-refractivity contribution < 1.29 is 19.1 Å². The minimum atomic E-state index is -0.613. The van der Waals surface area contributed by atoms with Crippen LogP contribution in [-0.4, -0.2) is 50.5 Å². The van der Waals surface area contributed by atoms with Gasteiger partial charge in [-0.3, -0.25) is 4.79 Å². The van der Waals surface area contributed by atoms with E-state index in [0.717, 1.165) is 16.7 Å². The lowest BCUT2D eigenvalue weighted by molar-refractivity contribution is -0.147. The number of ether oxygens (including phenoxy) is 2. The van der Waals surface area contributed by atoms with Crippen LogP contribution < -0.4 is 4.74 Å². The maximum atomic E-state index is 13.1. The number of esters is 1. The molecule has 0 fully saturated rings. The van der Waals surface area contributed by atoms with E-state index in [2.05, 4.69) is 13.8 Å². The molecule has 0 N–H and O–H groups in total. The van der Waals surface area contributed by atoms with Gasteiger partial charge in [0.05, 0.1) is 7.11 Å². The number of halogens is 1. The van der Waals surface area contributed by atoms with E-state index in [0.29, 0.717) is 18.7 Å². The lowest BCUT2D eigenvalue weighted by Crippen LogP contribution is -2.32. The Kier molecular flexibility index (Phi) is 7.44. The highest BCUT2D eigenvalue weighted by molar-refractivity contribution is 6.00. The smallest absolute Gasteiger partial charge is 0.347 e. The van der Waals surface area contributed by atoms with Crippen LogP contribution >= 0.6 is 12.4 Å². The van der Waals surface area contributed by atoms with Gasteiger partial charge < -0.3 is 14.4 Å². The lowest BCUT2D eigenvalue weighted by atomic mass is 9.85. The molecule has 2 rings (SSSR count). The Balaban J connectivity index is 0.00000312. The third kappa shape index (κ3) is 4.73. The van der Waals surface area contributed by atoms with Crippen molar-refractivity contribution in [2.75, 3.05) is 27.7 Å². The van der Waals surface area contributed by atoms with E-state index < -0.39 is 6.10 Å². The van der Waals surface area contributed by atoms with Crippen LogP contribution in [0.4, 0.5) is 0 Å². The van der Waals surface area contributed by atoms with Gasteiger partial charge in [-0.2, -0.15) is 0 Å². The van der Waals surface area contributed by atoms with E-state index in [9.17, 15) is 9.59 Å². The molecule has 0 aromatic heterocycles. The quantitative estimate of drug-likeness (QED) is 0.570. The number of aryl methyl sites for hydroxylation is 1.